The summed E-state index contributed by atoms with van der Waals surface area (Å²) in [7, 11) is 5.87. The van der Waals surface area contributed by atoms with Crippen LogP contribution in [0, 0.1) is 5.92 Å². The third-order valence-electron chi connectivity index (χ3n) is 5.84. The summed E-state index contributed by atoms with van der Waals surface area (Å²) in [6.45, 7) is 3.35. The molecule has 0 spiro atoms. The number of methoxy groups -OCH3 is 1. The Morgan fingerprint density at radius 2 is 2.00 bits per heavy atom. The highest BCUT2D eigenvalue weighted by atomic mass is 16.5. The summed E-state index contributed by atoms with van der Waals surface area (Å²) in [5.74, 6) is 1.57. The quantitative estimate of drug-likeness (QED) is 0.868. The first-order valence-corrected chi connectivity index (χ1v) is 8.98. The first kappa shape index (κ1) is 16.3. The van der Waals surface area contributed by atoms with Crippen LogP contribution in [0.4, 0.5) is 11.4 Å². The van der Waals surface area contributed by atoms with E-state index in [-0.39, 0.29) is 0 Å². The number of nitrogen functional groups attached to an aromatic ring is 1. The fraction of sp³-hybridized carbons (Fsp3) is 0.526. The number of hydrogen-bond donors (Lipinski definition) is 1. The number of piperidine rings is 1. The molecule has 134 valence electrons. The average Bonchev–Trinajstić information content (AvgIpc) is 3.20. The molecule has 25 heavy (non-hydrogen) atoms. The predicted octanol–water partition coefficient (Wildman–Crippen LogP) is 2.21. The van der Waals surface area contributed by atoms with Gasteiger partial charge in [0.1, 0.15) is 5.75 Å². The van der Waals surface area contributed by atoms with Crippen molar-refractivity contribution in [3.63, 3.8) is 0 Å². The van der Waals surface area contributed by atoms with Crippen LogP contribution in [0.1, 0.15) is 12.8 Å². The van der Waals surface area contributed by atoms with Crippen LogP contribution >= 0.6 is 0 Å². The number of hydrogen-bond acceptors (Lipinski definition) is 5. The van der Waals surface area contributed by atoms with Gasteiger partial charge in [-0.25, -0.2) is 0 Å². The molecule has 0 bridgehead atoms. The Bertz CT molecular complexity index is 771. The number of likely N-dealkylation sites (N-methyl/N-ethyl adjacent to an activating group) is 1. The van der Waals surface area contributed by atoms with Gasteiger partial charge in [0.05, 0.1) is 19.0 Å². The third-order valence-corrected chi connectivity index (χ3v) is 5.84. The molecule has 2 aliphatic rings. The molecule has 6 heteroatoms. The SMILES string of the molecule is COc1cc(N2CCC3CCN(C)C3C2)c(-c2cnn(C)c2)cc1N. The summed E-state index contributed by atoms with van der Waals surface area (Å²) in [6, 6.07) is 4.75. The van der Waals surface area contributed by atoms with Gasteiger partial charge < -0.3 is 20.3 Å². The molecule has 2 atom stereocenters. The predicted molar refractivity (Wildman–Crippen MR) is 101 cm³/mol. The molecule has 0 saturated carbocycles. The highest BCUT2D eigenvalue weighted by Crippen LogP contribution is 2.41. The van der Waals surface area contributed by atoms with Crippen LogP contribution < -0.4 is 15.4 Å². The number of nitrogens with zero attached hydrogens (tertiary/aromatic N) is 4. The van der Waals surface area contributed by atoms with Gasteiger partial charge in [0.25, 0.3) is 0 Å². The van der Waals surface area contributed by atoms with Crippen LogP contribution in [0.25, 0.3) is 11.1 Å². The molecule has 2 saturated heterocycles. The molecule has 0 radical (unpaired) electrons. The zero-order chi connectivity index (χ0) is 17.6. The van der Waals surface area contributed by atoms with Crippen molar-refractivity contribution in [3.8, 4) is 16.9 Å². The lowest BCUT2D eigenvalue weighted by atomic mass is 9.91. The molecule has 2 fully saturated rings. The number of ether oxygens (including phenoxy) is 1. The molecule has 2 unspecified atom stereocenters. The van der Waals surface area contributed by atoms with E-state index in [1.165, 1.54) is 25.1 Å². The van der Waals surface area contributed by atoms with Crippen LogP contribution in [0.5, 0.6) is 5.75 Å². The minimum absolute atomic E-state index is 0.638. The number of fused-ring (bicyclic) bond motifs is 1. The zero-order valence-electron chi connectivity index (χ0n) is 15.3. The van der Waals surface area contributed by atoms with Crippen molar-refractivity contribution < 1.29 is 4.74 Å². The molecule has 4 rings (SSSR count). The molecular formula is C19H27N5O. The molecule has 3 heterocycles. The Morgan fingerprint density at radius 3 is 2.72 bits per heavy atom. The van der Waals surface area contributed by atoms with E-state index in [0.29, 0.717) is 11.7 Å². The van der Waals surface area contributed by atoms with Crippen molar-refractivity contribution in [1.29, 1.82) is 0 Å². The number of benzene rings is 1. The largest absolute Gasteiger partial charge is 0.495 e. The lowest BCUT2D eigenvalue weighted by Crippen LogP contribution is -2.47. The van der Waals surface area contributed by atoms with E-state index in [9.17, 15) is 0 Å². The summed E-state index contributed by atoms with van der Waals surface area (Å²) in [5.41, 5.74) is 10.3. The highest BCUT2D eigenvalue weighted by molar-refractivity contribution is 5.83. The van der Waals surface area contributed by atoms with E-state index in [2.05, 4.69) is 28.0 Å². The van der Waals surface area contributed by atoms with E-state index in [0.717, 1.165) is 35.9 Å². The van der Waals surface area contributed by atoms with Crippen molar-refractivity contribution in [2.75, 3.05) is 44.4 Å². The van der Waals surface area contributed by atoms with Crippen molar-refractivity contribution in [3.05, 3.63) is 24.5 Å². The van der Waals surface area contributed by atoms with Crippen LogP contribution in [0.2, 0.25) is 0 Å². The Labute approximate surface area is 149 Å². The number of aryl methyl sites for hydroxylation is 1. The first-order valence-electron chi connectivity index (χ1n) is 8.98. The Morgan fingerprint density at radius 1 is 1.20 bits per heavy atom. The van der Waals surface area contributed by atoms with Gasteiger partial charge in [-0.15, -0.1) is 0 Å². The van der Waals surface area contributed by atoms with Crippen molar-refractivity contribution >= 4 is 11.4 Å². The Hall–Kier alpha value is -2.21. The third kappa shape index (κ3) is 2.84. The maximum absolute atomic E-state index is 6.20. The molecule has 0 amide bonds. The number of anilines is 2. The molecule has 0 aliphatic carbocycles. The second kappa shape index (κ2) is 6.26. The van der Waals surface area contributed by atoms with Crippen molar-refractivity contribution in [2.45, 2.75) is 18.9 Å². The standard InChI is InChI=1S/C19H27N5O/c1-22-6-4-13-5-7-24(12-18(13)22)17-9-19(25-3)16(20)8-15(17)14-10-21-23(2)11-14/h8-11,13,18H,4-7,12,20H2,1-3H3. The summed E-state index contributed by atoms with van der Waals surface area (Å²) in [4.78, 5) is 5.00. The average molecular weight is 341 g/mol. The second-order valence-corrected chi connectivity index (χ2v) is 7.35. The van der Waals surface area contributed by atoms with Gasteiger partial charge in [-0.1, -0.05) is 0 Å². The van der Waals surface area contributed by atoms with Crippen LogP contribution in [-0.2, 0) is 7.05 Å². The van der Waals surface area contributed by atoms with Crippen molar-refractivity contribution in [2.24, 2.45) is 13.0 Å². The van der Waals surface area contributed by atoms with Gasteiger partial charge in [0.2, 0.25) is 0 Å². The van der Waals surface area contributed by atoms with Gasteiger partial charge in [0, 0.05) is 55.3 Å². The minimum atomic E-state index is 0.638. The van der Waals surface area contributed by atoms with E-state index < -0.39 is 0 Å². The highest BCUT2D eigenvalue weighted by Gasteiger charge is 2.37. The number of rotatable bonds is 3. The van der Waals surface area contributed by atoms with Gasteiger partial charge >= 0.3 is 0 Å². The van der Waals surface area contributed by atoms with Gasteiger partial charge in [0.15, 0.2) is 0 Å². The summed E-state index contributed by atoms with van der Waals surface area (Å²) >= 11 is 0. The number of aromatic nitrogens is 2. The maximum atomic E-state index is 6.20. The molecule has 2 N–H and O–H groups in total. The molecular weight excluding hydrogens is 314 g/mol. The van der Waals surface area contributed by atoms with Crippen LogP contribution in [0.15, 0.2) is 24.5 Å². The number of likely N-dealkylation sites (tertiary alicyclic amines) is 1. The summed E-state index contributed by atoms with van der Waals surface area (Å²) in [6.07, 6.45) is 6.52. The molecule has 2 aliphatic heterocycles. The lowest BCUT2D eigenvalue weighted by Gasteiger charge is -2.39. The summed E-state index contributed by atoms with van der Waals surface area (Å²) in [5, 5.41) is 4.33. The molecule has 6 nitrogen and oxygen atoms in total. The van der Waals surface area contributed by atoms with E-state index in [1.54, 1.807) is 7.11 Å². The summed E-state index contributed by atoms with van der Waals surface area (Å²) < 4.78 is 7.33. The van der Waals surface area contributed by atoms with Crippen LogP contribution in [0.3, 0.4) is 0 Å². The fourth-order valence-corrected chi connectivity index (χ4v) is 4.39. The molecule has 2 aromatic rings. The van der Waals surface area contributed by atoms with Gasteiger partial charge in [-0.05, 0) is 38.4 Å². The van der Waals surface area contributed by atoms with Gasteiger partial charge in [-0.2, -0.15) is 5.10 Å². The smallest absolute Gasteiger partial charge is 0.143 e. The normalized spacial score (nSPS) is 23.7. The Kier molecular flexibility index (Phi) is 4.07. The lowest BCUT2D eigenvalue weighted by molar-refractivity contribution is 0.246. The second-order valence-electron chi connectivity index (χ2n) is 7.35. The maximum Gasteiger partial charge on any atom is 0.143 e. The van der Waals surface area contributed by atoms with E-state index in [1.807, 2.05) is 30.2 Å². The van der Waals surface area contributed by atoms with Gasteiger partial charge in [-0.3, -0.25) is 4.68 Å². The van der Waals surface area contributed by atoms with Crippen molar-refractivity contribution in [1.82, 2.24) is 14.7 Å². The number of nitrogens with two attached hydrogens (primary N) is 1. The molecule has 1 aromatic carbocycles. The fourth-order valence-electron chi connectivity index (χ4n) is 4.39. The van der Waals surface area contributed by atoms with E-state index in [4.69, 9.17) is 10.5 Å². The zero-order valence-corrected chi connectivity index (χ0v) is 15.3. The monoisotopic (exact) mass is 341 g/mol. The first-order chi connectivity index (χ1) is 12.1. The van der Waals surface area contributed by atoms with Crippen LogP contribution in [-0.4, -0.2) is 54.5 Å². The Balaban J connectivity index is 1.74. The molecule has 1 aromatic heterocycles. The minimum Gasteiger partial charge on any atom is -0.495 e. The topological polar surface area (TPSA) is 59.5 Å². The van der Waals surface area contributed by atoms with E-state index >= 15 is 0 Å².